The fraction of sp³-hybridized carbons (Fsp3) is 0.375. The van der Waals surface area contributed by atoms with Crippen molar-refractivity contribution in [1.82, 2.24) is 0 Å². The van der Waals surface area contributed by atoms with Crippen LogP contribution >= 0.6 is 21.6 Å². The van der Waals surface area contributed by atoms with Crippen LogP contribution in [0.3, 0.4) is 0 Å². The van der Waals surface area contributed by atoms with Gasteiger partial charge >= 0.3 is 7.12 Å². The summed E-state index contributed by atoms with van der Waals surface area (Å²) in [6, 6.07) is 7.30. The maximum atomic E-state index is 9.15. The van der Waals surface area contributed by atoms with Crippen molar-refractivity contribution in [1.29, 1.82) is 0 Å². The zero-order valence-corrected chi connectivity index (χ0v) is 14.3. The summed E-state index contributed by atoms with van der Waals surface area (Å²) in [6.45, 7) is 2.84. The van der Waals surface area contributed by atoms with Crippen LogP contribution < -0.4 is 5.46 Å². The Balaban J connectivity index is 1.60. The van der Waals surface area contributed by atoms with Crippen LogP contribution in [-0.2, 0) is 4.74 Å². The molecule has 1 unspecified atom stereocenters. The van der Waals surface area contributed by atoms with Crippen LogP contribution in [0.2, 0.25) is 0 Å². The molecule has 0 heterocycles. The average molecular weight is 336 g/mol. The van der Waals surface area contributed by atoms with E-state index in [0.717, 1.165) is 30.1 Å². The normalized spacial score (nSPS) is 15.0. The van der Waals surface area contributed by atoms with Gasteiger partial charge in [0, 0.05) is 10.6 Å². The van der Waals surface area contributed by atoms with E-state index in [2.05, 4.69) is 25.2 Å². The molecule has 0 aromatic heterocycles. The van der Waals surface area contributed by atoms with E-state index in [-0.39, 0.29) is 6.10 Å². The van der Waals surface area contributed by atoms with E-state index in [1.807, 2.05) is 12.1 Å². The Morgan fingerprint density at radius 2 is 2.23 bits per heavy atom. The molecule has 22 heavy (non-hydrogen) atoms. The first-order valence-electron chi connectivity index (χ1n) is 7.37. The van der Waals surface area contributed by atoms with Gasteiger partial charge in [-0.15, -0.1) is 0 Å². The van der Waals surface area contributed by atoms with Gasteiger partial charge < -0.3 is 14.8 Å². The number of hydrogen-bond acceptors (Lipinski definition) is 5. The molecule has 0 bridgehead atoms. The summed E-state index contributed by atoms with van der Waals surface area (Å²) >= 11 is 0. The summed E-state index contributed by atoms with van der Waals surface area (Å²) < 4.78 is 5.82. The van der Waals surface area contributed by atoms with Gasteiger partial charge in [0.05, 0.1) is 12.7 Å². The van der Waals surface area contributed by atoms with E-state index in [1.54, 1.807) is 33.7 Å². The Labute approximate surface area is 140 Å². The number of benzene rings is 1. The van der Waals surface area contributed by atoms with E-state index in [9.17, 15) is 0 Å². The topological polar surface area (TPSA) is 49.7 Å². The quantitative estimate of drug-likeness (QED) is 0.413. The minimum atomic E-state index is -1.41. The highest BCUT2D eigenvalue weighted by molar-refractivity contribution is 8.76. The molecule has 1 aliphatic rings. The SMILES string of the molecule is CC(CC1=CC=CC1)OCCSSc1cccc(B(O)O)c1. The maximum absolute atomic E-state index is 9.15. The third-order valence-corrected chi connectivity index (χ3v) is 5.61. The lowest BCUT2D eigenvalue weighted by Gasteiger charge is -2.13. The summed E-state index contributed by atoms with van der Waals surface area (Å²) in [6.07, 6.45) is 8.77. The molecule has 0 saturated heterocycles. The van der Waals surface area contributed by atoms with Gasteiger partial charge in [0.2, 0.25) is 0 Å². The van der Waals surface area contributed by atoms with Gasteiger partial charge in [-0.05, 0) is 37.4 Å². The van der Waals surface area contributed by atoms with Gasteiger partial charge in [-0.25, -0.2) is 0 Å². The molecule has 118 valence electrons. The minimum Gasteiger partial charge on any atom is -0.423 e. The first-order valence-corrected chi connectivity index (χ1v) is 9.69. The predicted octanol–water partition coefficient (Wildman–Crippen LogP) is 2.79. The highest BCUT2D eigenvalue weighted by Gasteiger charge is 2.11. The van der Waals surface area contributed by atoms with Gasteiger partial charge in [-0.2, -0.15) is 0 Å². The maximum Gasteiger partial charge on any atom is 0.488 e. The summed E-state index contributed by atoms with van der Waals surface area (Å²) in [7, 11) is 1.93. The molecule has 2 N–H and O–H groups in total. The molecule has 1 aromatic rings. The highest BCUT2D eigenvalue weighted by Crippen LogP contribution is 2.30. The van der Waals surface area contributed by atoms with E-state index in [0.29, 0.717) is 5.46 Å². The molecule has 0 radical (unpaired) electrons. The first-order chi connectivity index (χ1) is 10.6. The summed E-state index contributed by atoms with van der Waals surface area (Å²) in [5.41, 5.74) is 1.96. The van der Waals surface area contributed by atoms with Crippen LogP contribution in [-0.4, -0.2) is 35.6 Å². The van der Waals surface area contributed by atoms with Crippen molar-refractivity contribution >= 4 is 34.2 Å². The molecule has 0 fully saturated rings. The van der Waals surface area contributed by atoms with E-state index < -0.39 is 7.12 Å². The molecule has 1 aliphatic carbocycles. The Morgan fingerprint density at radius 3 is 2.95 bits per heavy atom. The molecule has 2 rings (SSSR count). The minimum absolute atomic E-state index is 0.254. The van der Waals surface area contributed by atoms with Crippen LogP contribution in [0.25, 0.3) is 0 Å². The van der Waals surface area contributed by atoms with E-state index in [1.165, 1.54) is 5.57 Å². The number of ether oxygens (including phenoxy) is 1. The second-order valence-electron chi connectivity index (χ2n) is 5.19. The van der Waals surface area contributed by atoms with Crippen LogP contribution in [0, 0.1) is 0 Å². The van der Waals surface area contributed by atoms with E-state index in [4.69, 9.17) is 14.8 Å². The Kier molecular flexibility index (Phi) is 7.62. The van der Waals surface area contributed by atoms with Crippen molar-refractivity contribution in [2.45, 2.75) is 30.8 Å². The van der Waals surface area contributed by atoms with E-state index >= 15 is 0 Å². The van der Waals surface area contributed by atoms with Crippen LogP contribution in [0.15, 0.2) is 53.0 Å². The third-order valence-electron chi connectivity index (χ3n) is 3.28. The molecule has 3 nitrogen and oxygen atoms in total. The standard InChI is InChI=1S/C16H21BO3S2/c1-13(11-14-5-2-3-6-14)20-9-10-21-22-16-8-4-7-15(12-16)17(18)19/h2-5,7-8,12-13,18-19H,6,9-11H2,1H3. The number of allylic oxidation sites excluding steroid dienone is 3. The van der Waals surface area contributed by atoms with Crippen molar-refractivity contribution < 1.29 is 14.8 Å². The lowest BCUT2D eigenvalue weighted by atomic mass is 9.81. The van der Waals surface area contributed by atoms with Crippen molar-refractivity contribution in [3.05, 3.63) is 48.1 Å². The second-order valence-corrected chi connectivity index (χ2v) is 7.68. The van der Waals surface area contributed by atoms with Crippen LogP contribution in [0.1, 0.15) is 19.8 Å². The number of rotatable bonds is 9. The first kappa shape index (κ1) is 17.7. The molecule has 1 atom stereocenters. The number of hydrogen-bond donors (Lipinski definition) is 2. The predicted molar refractivity (Wildman–Crippen MR) is 96.5 cm³/mol. The molecular formula is C16H21BO3S2. The van der Waals surface area contributed by atoms with Crippen LogP contribution in [0.5, 0.6) is 0 Å². The zero-order valence-electron chi connectivity index (χ0n) is 12.6. The van der Waals surface area contributed by atoms with Crippen molar-refractivity contribution in [2.75, 3.05) is 12.4 Å². The molecule has 0 saturated carbocycles. The second kappa shape index (κ2) is 9.48. The largest absolute Gasteiger partial charge is 0.488 e. The van der Waals surface area contributed by atoms with Crippen molar-refractivity contribution in [3.8, 4) is 0 Å². The Bertz CT molecular complexity index is 532. The zero-order chi connectivity index (χ0) is 15.8. The van der Waals surface area contributed by atoms with Crippen molar-refractivity contribution in [2.24, 2.45) is 0 Å². The van der Waals surface area contributed by atoms with Crippen LogP contribution in [0.4, 0.5) is 0 Å². The smallest absolute Gasteiger partial charge is 0.423 e. The van der Waals surface area contributed by atoms with Gasteiger partial charge in [-0.1, -0.05) is 57.5 Å². The summed E-state index contributed by atoms with van der Waals surface area (Å²) in [5, 5.41) is 18.3. The third kappa shape index (κ3) is 6.22. The fourth-order valence-electron chi connectivity index (χ4n) is 2.19. The fourth-order valence-corrected chi connectivity index (χ4v) is 4.07. The Hall–Kier alpha value is -0.655. The molecule has 1 aromatic carbocycles. The Morgan fingerprint density at radius 1 is 1.36 bits per heavy atom. The van der Waals surface area contributed by atoms with Gasteiger partial charge in [0.25, 0.3) is 0 Å². The molecule has 6 heteroatoms. The van der Waals surface area contributed by atoms with Gasteiger partial charge in [0.1, 0.15) is 0 Å². The monoisotopic (exact) mass is 336 g/mol. The highest BCUT2D eigenvalue weighted by atomic mass is 33.1. The lowest BCUT2D eigenvalue weighted by molar-refractivity contribution is 0.0787. The molecule has 0 spiro atoms. The lowest BCUT2D eigenvalue weighted by Crippen LogP contribution is -2.29. The van der Waals surface area contributed by atoms with Gasteiger partial charge in [0.15, 0.2) is 0 Å². The summed E-state index contributed by atoms with van der Waals surface area (Å²) in [5.74, 6) is 0.901. The average Bonchev–Trinajstić information content (AvgIpc) is 3.00. The molecular weight excluding hydrogens is 315 g/mol. The summed E-state index contributed by atoms with van der Waals surface area (Å²) in [4.78, 5) is 1.02. The van der Waals surface area contributed by atoms with Gasteiger partial charge in [-0.3, -0.25) is 0 Å². The molecule has 0 aliphatic heterocycles. The molecule has 0 amide bonds. The van der Waals surface area contributed by atoms with Crippen molar-refractivity contribution in [3.63, 3.8) is 0 Å².